The number of rotatable bonds is 55. The van der Waals surface area contributed by atoms with Crippen LogP contribution >= 0.6 is 0 Å². The molecule has 0 spiro atoms. The number of amides is 1. The predicted molar refractivity (Wildman–Crippen MR) is 333 cm³/mol. The zero-order valence-corrected chi connectivity index (χ0v) is 52.8. The molecule has 1 amide bonds. The molecule has 10 atom stereocenters. The van der Waals surface area contributed by atoms with Gasteiger partial charge in [-0.3, -0.25) is 9.59 Å². The molecule has 88 heavy (non-hydrogen) atoms. The average Bonchev–Trinajstić information content (AvgIpc) is 2.08. The van der Waals surface area contributed by atoms with Gasteiger partial charge in [0.2, 0.25) is 5.91 Å². The number of ether oxygens (including phenoxy) is 1. The molecule has 0 aliphatic heterocycles. The Hall–Kier alpha value is -4.80. The number of carboxylic acid groups (broad SMARTS) is 1. The summed E-state index contributed by atoms with van der Waals surface area (Å²) in [6, 6.07) is 0. The Morgan fingerprint density at radius 3 is 1.14 bits per heavy atom. The maximum Gasteiger partial charge on any atom is 0.336 e. The number of aliphatic hydroxyl groups excluding tert-OH is 7. The van der Waals surface area contributed by atoms with Crippen LogP contribution in [0.1, 0.15) is 136 Å². The van der Waals surface area contributed by atoms with Crippen molar-refractivity contribution in [1.29, 1.82) is 0 Å². The molecule has 17 N–H and O–H groups in total. The van der Waals surface area contributed by atoms with Gasteiger partial charge in [-0.25, -0.2) is 56.2 Å². The summed E-state index contributed by atoms with van der Waals surface area (Å²) in [5.41, 5.74) is 5.09. The van der Waals surface area contributed by atoms with Gasteiger partial charge in [-0.1, -0.05) is 59.3 Å². The van der Waals surface area contributed by atoms with Gasteiger partial charge in [0.05, 0.1) is 94.5 Å². The van der Waals surface area contributed by atoms with Gasteiger partial charge < -0.3 is 83.6 Å². The summed E-state index contributed by atoms with van der Waals surface area (Å²) < 4.78 is 10.1. The fourth-order valence-electron chi connectivity index (χ4n) is 10.2. The van der Waals surface area contributed by atoms with E-state index in [1.54, 1.807) is 13.8 Å². The summed E-state index contributed by atoms with van der Waals surface area (Å²) in [6.07, 6.45) is 2.59. The summed E-state index contributed by atoms with van der Waals surface area (Å²) >= 11 is 0. The fourth-order valence-corrected chi connectivity index (χ4v) is 10.2. The molecule has 0 aromatic carbocycles. The Bertz CT molecular complexity index is 2630. The van der Waals surface area contributed by atoms with Crippen molar-refractivity contribution >= 4 is 11.9 Å². The summed E-state index contributed by atoms with van der Waals surface area (Å²) in [5.74, 6) is -2.86. The minimum Gasteiger partial charge on any atom is -0.481 e. The van der Waals surface area contributed by atoms with Gasteiger partial charge in [0.1, 0.15) is 0 Å². The number of hydrogen-bond donors (Lipinski definition) is 15. The average molecular weight is 1260 g/mol. The summed E-state index contributed by atoms with van der Waals surface area (Å²) in [6.45, 7) is 6.66. The van der Waals surface area contributed by atoms with E-state index in [0.29, 0.717) is 96.9 Å². The van der Waals surface area contributed by atoms with Gasteiger partial charge in [-0.05, 0) is 129 Å². The van der Waals surface area contributed by atoms with Crippen LogP contribution in [0, 0.1) is 17.8 Å². The smallest absolute Gasteiger partial charge is 0.336 e. The molecule has 0 saturated carbocycles. The Kier molecular flexibility index (Phi) is 41.0. The molecular weight excluding hydrogens is 1150 g/mol. The van der Waals surface area contributed by atoms with E-state index in [9.17, 15) is 79.2 Å². The maximum absolute atomic E-state index is 13.8. The molecule has 2 aromatic heterocycles. The zero-order chi connectivity index (χ0) is 65.6. The van der Waals surface area contributed by atoms with Gasteiger partial charge in [0.25, 0.3) is 0 Å². The van der Waals surface area contributed by atoms with Crippen molar-refractivity contribution in [3.05, 3.63) is 62.9 Å². The molecule has 30 heteroatoms. The number of hydrogen-bond acceptors (Lipinski definition) is 22. The van der Waals surface area contributed by atoms with E-state index in [0.717, 1.165) is 66.1 Å². The van der Waals surface area contributed by atoms with Crippen molar-refractivity contribution in [2.45, 2.75) is 218 Å². The van der Waals surface area contributed by atoms with Crippen molar-refractivity contribution in [3.8, 4) is 0 Å². The topological polar surface area (TPSA) is 449 Å². The normalized spacial score (nSPS) is 15.4. The summed E-state index contributed by atoms with van der Waals surface area (Å²) in [4.78, 5) is 105. The number of unbranched alkanes of at least 4 members (excludes halogenated alkanes) is 8. The first kappa shape index (κ1) is 79.3. The second-order valence-electron chi connectivity index (χ2n) is 23.5. The van der Waals surface area contributed by atoms with Gasteiger partial charge in [0, 0.05) is 38.7 Å². The standard InChI is InChI=1S/C58H111N13O17/c1-5-42(52(80)81)28-43(51(60)79)27-41(3)39-88-40-50(78)32-65-26-18-17-25-64-31-49(77)38-71-57(86)68(35-45(73)19-11-7-9-14-22-61-4)56(85)70(58(71)87)37-47(75)29-62-23-15-10-8-12-20-46(74)34-67-53(82)66(33-44(72)6-2)54(83)69(55(67)84)36-48(76)30-63-24-16-13-21-59/h41-50,61-65,72-78H,5-40,59H2,1-4H3,(H2,60,79)(H,80,81). The molecule has 0 aliphatic carbocycles. The van der Waals surface area contributed by atoms with E-state index < -0.39 is 133 Å². The SMILES string of the molecule is CCC(O)Cn1c(=O)n(CC(O)CCCCCCNCC(O)Cn2c(=O)n(CC(O)CCCCCCNC)c(=O)n(CC(O)CNCCCCNCC(O)COCC(C)CC(CC(CC)C(=O)O)C(N)=O)c2=O)c(=O)n(CC(O)CNCCCCN)c1=O. The third-order valence-electron chi connectivity index (χ3n) is 15.5. The molecule has 0 saturated heterocycles. The van der Waals surface area contributed by atoms with Crippen LogP contribution in [0.5, 0.6) is 0 Å². The molecule has 0 fully saturated rings. The van der Waals surface area contributed by atoms with Crippen molar-refractivity contribution in [2.75, 3.05) is 85.7 Å². The Morgan fingerprint density at radius 2 is 0.784 bits per heavy atom. The third-order valence-corrected chi connectivity index (χ3v) is 15.5. The quantitative estimate of drug-likeness (QED) is 0.0280. The van der Waals surface area contributed by atoms with Gasteiger partial charge in [-0.15, -0.1) is 0 Å². The largest absolute Gasteiger partial charge is 0.481 e. The highest BCUT2D eigenvalue weighted by Gasteiger charge is 2.27. The highest BCUT2D eigenvalue weighted by Crippen LogP contribution is 2.23. The monoisotopic (exact) mass is 1260 g/mol. The number of aliphatic hydroxyl groups is 7. The number of carboxylic acids is 1. The molecule has 2 aromatic rings. The molecule has 0 radical (unpaired) electrons. The minimum absolute atomic E-state index is 0.00960. The van der Waals surface area contributed by atoms with E-state index in [2.05, 4.69) is 26.6 Å². The van der Waals surface area contributed by atoms with Crippen molar-refractivity contribution in [2.24, 2.45) is 29.2 Å². The molecule has 30 nitrogen and oxygen atoms in total. The van der Waals surface area contributed by atoms with Crippen LogP contribution in [0.2, 0.25) is 0 Å². The second kappa shape index (κ2) is 45.5. The van der Waals surface area contributed by atoms with E-state index >= 15 is 0 Å². The number of nitrogens with one attached hydrogen (secondary N) is 5. The minimum atomic E-state index is -1.27. The number of nitrogens with two attached hydrogens (primary N) is 2. The van der Waals surface area contributed by atoms with Crippen molar-refractivity contribution in [1.82, 2.24) is 54.0 Å². The lowest BCUT2D eigenvalue weighted by atomic mass is 9.86. The molecule has 0 bridgehead atoms. The Morgan fingerprint density at radius 1 is 0.443 bits per heavy atom. The predicted octanol–water partition coefficient (Wildman–Crippen LogP) is -4.06. The first-order valence-corrected chi connectivity index (χ1v) is 31.9. The number of nitrogens with zero attached hydrogens (tertiary/aromatic N) is 6. The van der Waals surface area contributed by atoms with Crippen LogP contribution < -0.4 is 72.2 Å². The molecular formula is C58H111N13O17. The number of aliphatic carboxylic acids is 1. The van der Waals surface area contributed by atoms with Crippen LogP contribution in [0.15, 0.2) is 28.8 Å². The third kappa shape index (κ3) is 30.8. The zero-order valence-electron chi connectivity index (χ0n) is 52.8. The molecule has 510 valence electrons. The van der Waals surface area contributed by atoms with E-state index in [-0.39, 0.29) is 71.1 Å². The van der Waals surface area contributed by atoms with Crippen LogP contribution in [0.4, 0.5) is 0 Å². The number of primary amides is 1. The van der Waals surface area contributed by atoms with Crippen LogP contribution in [-0.4, -0.2) is 209 Å². The van der Waals surface area contributed by atoms with Crippen LogP contribution in [0.25, 0.3) is 0 Å². The van der Waals surface area contributed by atoms with Gasteiger partial charge in [0.15, 0.2) is 0 Å². The Balaban J connectivity index is 1.95. The second-order valence-corrected chi connectivity index (χ2v) is 23.5. The van der Waals surface area contributed by atoms with Crippen LogP contribution in [0.3, 0.4) is 0 Å². The van der Waals surface area contributed by atoms with Crippen molar-refractivity contribution < 1.29 is 55.2 Å². The van der Waals surface area contributed by atoms with E-state index in [1.165, 1.54) is 0 Å². The van der Waals surface area contributed by atoms with E-state index in [4.69, 9.17) is 16.2 Å². The Labute approximate surface area is 515 Å². The summed E-state index contributed by atoms with van der Waals surface area (Å²) in [5, 5.41) is 100. The lowest BCUT2D eigenvalue weighted by Crippen LogP contribution is -2.57. The first-order valence-electron chi connectivity index (χ1n) is 31.9. The summed E-state index contributed by atoms with van der Waals surface area (Å²) in [7, 11) is 1.86. The molecule has 10 unspecified atom stereocenters. The van der Waals surface area contributed by atoms with Crippen molar-refractivity contribution in [3.63, 3.8) is 0 Å². The molecule has 2 heterocycles. The van der Waals surface area contributed by atoms with Gasteiger partial charge >= 0.3 is 40.1 Å². The molecule has 2 rings (SSSR count). The highest BCUT2D eigenvalue weighted by molar-refractivity contribution is 5.78. The highest BCUT2D eigenvalue weighted by atomic mass is 16.5. The maximum atomic E-state index is 13.8. The first-order chi connectivity index (χ1) is 42.0. The number of aromatic nitrogens is 6. The number of carbonyl (C=O) groups excluding carboxylic acids is 1. The van der Waals surface area contributed by atoms with Crippen LogP contribution in [-0.2, 0) is 53.6 Å². The lowest BCUT2D eigenvalue weighted by molar-refractivity contribution is -0.142. The fraction of sp³-hybridized carbons (Fsp3) is 0.862. The number of carbonyl (C=O) groups is 2. The lowest BCUT2D eigenvalue weighted by Gasteiger charge is -2.21. The van der Waals surface area contributed by atoms with Gasteiger partial charge in [-0.2, -0.15) is 0 Å². The van der Waals surface area contributed by atoms with E-state index in [1.807, 2.05) is 14.0 Å². The molecule has 0 aliphatic rings.